The van der Waals surface area contributed by atoms with Gasteiger partial charge in [0.15, 0.2) is 11.5 Å². The van der Waals surface area contributed by atoms with E-state index in [-0.39, 0.29) is 24.5 Å². The van der Waals surface area contributed by atoms with Gasteiger partial charge in [0, 0.05) is 18.2 Å². The highest BCUT2D eigenvalue weighted by atomic mass is 16.5. The molecule has 2 heterocycles. The maximum atomic E-state index is 12.4. The van der Waals surface area contributed by atoms with E-state index >= 15 is 0 Å². The highest BCUT2D eigenvalue weighted by Crippen LogP contribution is 2.32. The molecule has 0 bridgehead atoms. The second kappa shape index (κ2) is 10.4. The van der Waals surface area contributed by atoms with Crippen LogP contribution < -0.4 is 14.8 Å². The largest absolute Gasteiger partial charge is 0.493 e. The maximum Gasteiger partial charge on any atom is 0.227 e. The van der Waals surface area contributed by atoms with Gasteiger partial charge in [0.1, 0.15) is 11.5 Å². The molecule has 0 spiro atoms. The monoisotopic (exact) mass is 429 g/mol. The molecule has 2 aromatic rings. The topological polar surface area (TPSA) is 93.9 Å². The molecule has 1 saturated heterocycles. The Kier molecular flexibility index (Phi) is 7.68. The van der Waals surface area contributed by atoms with Gasteiger partial charge in [-0.05, 0) is 51.1 Å². The van der Waals surface area contributed by atoms with Crippen LogP contribution in [0.25, 0.3) is 11.5 Å². The van der Waals surface area contributed by atoms with Crippen molar-refractivity contribution < 1.29 is 23.5 Å². The minimum atomic E-state index is -0.241. The zero-order valence-electron chi connectivity index (χ0n) is 18.7. The number of methoxy groups -OCH3 is 2. The molecule has 1 aromatic carbocycles. The average Bonchev–Trinajstić information content (AvgIpc) is 3.37. The molecule has 0 aliphatic carbocycles. The number of rotatable bonds is 10. The zero-order chi connectivity index (χ0) is 22.4. The number of ether oxygens (including phenoxy) is 2. The summed E-state index contributed by atoms with van der Waals surface area (Å²) in [4.78, 5) is 31.5. The van der Waals surface area contributed by atoms with Gasteiger partial charge in [-0.25, -0.2) is 4.98 Å². The lowest BCUT2D eigenvalue weighted by molar-refractivity contribution is -0.128. The van der Waals surface area contributed by atoms with Gasteiger partial charge in [-0.15, -0.1) is 0 Å². The summed E-state index contributed by atoms with van der Waals surface area (Å²) in [5.41, 5.74) is 1.25. The third-order valence-corrected chi connectivity index (χ3v) is 5.69. The molecule has 1 amide bonds. The minimum absolute atomic E-state index is 0.0561. The van der Waals surface area contributed by atoms with E-state index in [2.05, 4.69) is 22.1 Å². The number of aryl methyl sites for hydroxylation is 1. The number of benzene rings is 1. The van der Waals surface area contributed by atoms with Crippen molar-refractivity contribution in [1.82, 2.24) is 15.2 Å². The molecule has 1 N–H and O–H groups in total. The van der Waals surface area contributed by atoms with E-state index in [1.807, 2.05) is 6.07 Å². The van der Waals surface area contributed by atoms with Crippen molar-refractivity contribution in [2.45, 2.75) is 45.6 Å². The van der Waals surface area contributed by atoms with Crippen LogP contribution in [0.5, 0.6) is 11.5 Å². The Hall–Kier alpha value is -2.87. The Bertz CT molecular complexity index is 924. The molecule has 168 valence electrons. The molecule has 1 aromatic heterocycles. The number of hydrogen-bond acceptors (Lipinski definition) is 7. The number of ketones is 1. The molecule has 3 rings (SSSR count). The third-order valence-electron chi connectivity index (χ3n) is 5.69. The Labute approximate surface area is 182 Å². The number of Topliss-reactive ketones (excluding diaryl/α,β-unsaturated/α-hetero) is 1. The highest BCUT2D eigenvalue weighted by Gasteiger charge is 2.24. The van der Waals surface area contributed by atoms with Crippen molar-refractivity contribution >= 4 is 11.7 Å². The van der Waals surface area contributed by atoms with E-state index in [9.17, 15) is 9.59 Å². The number of aromatic nitrogens is 1. The van der Waals surface area contributed by atoms with Gasteiger partial charge in [0.25, 0.3) is 0 Å². The quantitative estimate of drug-likeness (QED) is 0.581. The molecule has 0 saturated carbocycles. The first-order chi connectivity index (χ1) is 14.9. The molecule has 0 radical (unpaired) electrons. The van der Waals surface area contributed by atoms with Gasteiger partial charge >= 0.3 is 0 Å². The van der Waals surface area contributed by atoms with E-state index < -0.39 is 0 Å². The van der Waals surface area contributed by atoms with Gasteiger partial charge in [0.05, 0.1) is 32.8 Å². The van der Waals surface area contributed by atoms with Gasteiger partial charge in [-0.3, -0.25) is 14.5 Å². The molecule has 8 nitrogen and oxygen atoms in total. The van der Waals surface area contributed by atoms with Crippen molar-refractivity contribution in [2.24, 2.45) is 0 Å². The molecule has 8 heteroatoms. The summed E-state index contributed by atoms with van der Waals surface area (Å²) in [6.07, 6.45) is 2.14. The molecule has 1 unspecified atom stereocenters. The minimum Gasteiger partial charge on any atom is -0.493 e. The summed E-state index contributed by atoms with van der Waals surface area (Å²) in [6, 6.07) is 5.72. The fraction of sp³-hybridized carbons (Fsp3) is 0.522. The lowest BCUT2D eigenvalue weighted by Crippen LogP contribution is -2.40. The lowest BCUT2D eigenvalue weighted by Gasteiger charge is -2.22. The summed E-state index contributed by atoms with van der Waals surface area (Å²) in [6.45, 7) is 6.53. The van der Waals surface area contributed by atoms with Crippen LogP contribution >= 0.6 is 0 Å². The number of hydrogen-bond donors (Lipinski definition) is 1. The van der Waals surface area contributed by atoms with Crippen molar-refractivity contribution in [2.75, 3.05) is 33.9 Å². The van der Waals surface area contributed by atoms with Crippen molar-refractivity contribution in [3.8, 4) is 23.0 Å². The van der Waals surface area contributed by atoms with Crippen LogP contribution in [0.3, 0.4) is 0 Å². The second-order valence-electron chi connectivity index (χ2n) is 7.71. The van der Waals surface area contributed by atoms with E-state index in [0.717, 1.165) is 25.9 Å². The first-order valence-electron chi connectivity index (χ1n) is 10.7. The molecule has 31 heavy (non-hydrogen) atoms. The number of oxazole rings is 1. The number of nitrogens with zero attached hydrogens (tertiary/aromatic N) is 2. The smallest absolute Gasteiger partial charge is 0.227 e. The van der Waals surface area contributed by atoms with Crippen LogP contribution in [-0.2, 0) is 16.0 Å². The molecule has 1 aliphatic rings. The number of likely N-dealkylation sites (tertiary alicyclic amines) is 1. The summed E-state index contributed by atoms with van der Waals surface area (Å²) < 4.78 is 16.3. The Morgan fingerprint density at radius 1 is 1.26 bits per heavy atom. The number of carbonyl (C=O) groups excluding carboxylic acids is 2. The summed E-state index contributed by atoms with van der Waals surface area (Å²) in [7, 11) is 3.13. The van der Waals surface area contributed by atoms with E-state index in [1.165, 1.54) is 0 Å². The molecular formula is C23H31N3O5. The van der Waals surface area contributed by atoms with Crippen LogP contribution in [0.15, 0.2) is 22.6 Å². The molecular weight excluding hydrogens is 398 g/mol. The van der Waals surface area contributed by atoms with Crippen molar-refractivity contribution in [1.29, 1.82) is 0 Å². The van der Waals surface area contributed by atoms with Gasteiger partial charge in [0.2, 0.25) is 11.8 Å². The number of carbonyl (C=O) groups is 2. The summed E-state index contributed by atoms with van der Waals surface area (Å²) in [5.74, 6) is 1.69. The fourth-order valence-electron chi connectivity index (χ4n) is 3.95. The van der Waals surface area contributed by atoms with E-state index in [4.69, 9.17) is 13.9 Å². The number of nitrogens with one attached hydrogen (secondary N) is 1. The SMILES string of the molecule is CCN1CCCC1CNC(=O)CC(=O)Cc1nc(-c2ccc(OC)c(OC)c2)oc1C. The van der Waals surface area contributed by atoms with Crippen LogP contribution in [0.4, 0.5) is 0 Å². The standard InChI is InChI=1S/C23H31N3O5/c1-5-26-10-6-7-17(26)14-24-22(28)13-18(27)12-19-15(2)31-23(25-19)16-8-9-20(29-3)21(11-16)30-4/h8-9,11,17H,5-7,10,12-14H2,1-4H3,(H,24,28). The van der Waals surface area contributed by atoms with Gasteiger partial charge in [-0.2, -0.15) is 0 Å². The summed E-state index contributed by atoms with van der Waals surface area (Å²) >= 11 is 0. The van der Waals surface area contributed by atoms with E-state index in [1.54, 1.807) is 33.3 Å². The maximum absolute atomic E-state index is 12.4. The molecule has 1 fully saturated rings. The van der Waals surface area contributed by atoms with Crippen LogP contribution in [0.1, 0.15) is 37.6 Å². The lowest BCUT2D eigenvalue weighted by atomic mass is 10.1. The van der Waals surface area contributed by atoms with Crippen molar-refractivity contribution in [3.05, 3.63) is 29.7 Å². The fourth-order valence-corrected chi connectivity index (χ4v) is 3.95. The first kappa shape index (κ1) is 22.8. The third kappa shape index (κ3) is 5.64. The van der Waals surface area contributed by atoms with Crippen LogP contribution in [-0.4, -0.2) is 61.5 Å². The second-order valence-corrected chi connectivity index (χ2v) is 7.71. The average molecular weight is 430 g/mol. The van der Waals surface area contributed by atoms with Gasteiger partial charge < -0.3 is 19.2 Å². The molecule has 1 atom stereocenters. The first-order valence-corrected chi connectivity index (χ1v) is 10.7. The predicted octanol–water partition coefficient (Wildman–Crippen LogP) is 2.77. The Balaban J connectivity index is 1.57. The Morgan fingerprint density at radius 2 is 2.03 bits per heavy atom. The van der Waals surface area contributed by atoms with Gasteiger partial charge in [-0.1, -0.05) is 6.92 Å². The predicted molar refractivity (Wildman–Crippen MR) is 116 cm³/mol. The zero-order valence-corrected chi connectivity index (χ0v) is 18.7. The molecule has 1 aliphatic heterocycles. The van der Waals surface area contributed by atoms with Crippen LogP contribution in [0, 0.1) is 6.92 Å². The number of likely N-dealkylation sites (N-methyl/N-ethyl adjacent to an activating group) is 1. The normalized spacial score (nSPS) is 16.3. The summed E-state index contributed by atoms with van der Waals surface area (Å²) in [5, 5.41) is 2.90. The highest BCUT2D eigenvalue weighted by molar-refractivity contribution is 5.98. The Morgan fingerprint density at radius 3 is 2.74 bits per heavy atom. The number of amides is 1. The van der Waals surface area contributed by atoms with Crippen molar-refractivity contribution in [3.63, 3.8) is 0 Å². The van der Waals surface area contributed by atoms with Crippen LogP contribution in [0.2, 0.25) is 0 Å². The van der Waals surface area contributed by atoms with E-state index in [0.29, 0.717) is 47.0 Å².